The standard InChI is InChI=1S/C34H50O3/c1-4-7-8-9-10-11-12-13-14-15-16-17-18-19-34(36)37-31-26-22-29(23-27-31)33(6-3)32(5-2)28-20-24-30(35)25-21-28/h20-27,35H,4-19H2,1-3H3/b33-32+. The summed E-state index contributed by atoms with van der Waals surface area (Å²) in [5.74, 6) is 0.754. The molecule has 0 fully saturated rings. The van der Waals surface area contributed by atoms with Crippen LogP contribution in [0.1, 0.15) is 135 Å². The van der Waals surface area contributed by atoms with Crippen molar-refractivity contribution in [2.24, 2.45) is 0 Å². The van der Waals surface area contributed by atoms with E-state index in [1.54, 1.807) is 12.1 Å². The van der Waals surface area contributed by atoms with Crippen molar-refractivity contribution in [3.8, 4) is 11.5 Å². The number of phenolic OH excluding ortho intramolecular Hbond substituents is 1. The van der Waals surface area contributed by atoms with Gasteiger partial charge in [-0.25, -0.2) is 0 Å². The zero-order valence-corrected chi connectivity index (χ0v) is 23.7. The van der Waals surface area contributed by atoms with Crippen LogP contribution in [0.4, 0.5) is 0 Å². The number of ether oxygens (including phenoxy) is 1. The lowest BCUT2D eigenvalue weighted by Crippen LogP contribution is -2.07. The van der Waals surface area contributed by atoms with Gasteiger partial charge in [0, 0.05) is 6.42 Å². The summed E-state index contributed by atoms with van der Waals surface area (Å²) in [6.45, 7) is 6.59. The minimum atomic E-state index is -0.138. The highest BCUT2D eigenvalue weighted by molar-refractivity contribution is 5.90. The lowest BCUT2D eigenvalue weighted by Gasteiger charge is -2.15. The van der Waals surface area contributed by atoms with Crippen LogP contribution in [0, 0.1) is 0 Å². The second kappa shape index (κ2) is 18.7. The van der Waals surface area contributed by atoms with Gasteiger partial charge in [-0.3, -0.25) is 4.79 Å². The number of phenols is 1. The number of esters is 1. The number of rotatable bonds is 19. The Bertz CT molecular complexity index is 909. The summed E-state index contributed by atoms with van der Waals surface area (Å²) in [5.41, 5.74) is 4.82. The van der Waals surface area contributed by atoms with Crippen molar-refractivity contribution in [1.82, 2.24) is 0 Å². The van der Waals surface area contributed by atoms with Gasteiger partial charge in [-0.1, -0.05) is 122 Å². The van der Waals surface area contributed by atoms with E-state index in [0.29, 0.717) is 12.2 Å². The first-order valence-electron chi connectivity index (χ1n) is 14.9. The van der Waals surface area contributed by atoms with E-state index in [2.05, 4.69) is 20.8 Å². The summed E-state index contributed by atoms with van der Waals surface area (Å²) in [6.07, 6.45) is 19.2. The number of unbranched alkanes of at least 4 members (excludes halogenated alkanes) is 12. The molecule has 2 rings (SSSR count). The summed E-state index contributed by atoms with van der Waals surface area (Å²) < 4.78 is 5.59. The van der Waals surface area contributed by atoms with Crippen LogP contribution in [-0.2, 0) is 4.79 Å². The molecule has 0 aliphatic heterocycles. The smallest absolute Gasteiger partial charge is 0.311 e. The zero-order valence-electron chi connectivity index (χ0n) is 23.7. The zero-order chi connectivity index (χ0) is 26.7. The Balaban J connectivity index is 1.68. The van der Waals surface area contributed by atoms with Crippen LogP contribution < -0.4 is 4.74 Å². The Morgan fingerprint density at radius 3 is 1.43 bits per heavy atom. The van der Waals surface area contributed by atoms with Crippen LogP contribution in [0.5, 0.6) is 11.5 Å². The minimum Gasteiger partial charge on any atom is -0.508 e. The molecule has 0 atom stereocenters. The highest BCUT2D eigenvalue weighted by atomic mass is 16.5. The van der Waals surface area contributed by atoms with Gasteiger partial charge in [0.1, 0.15) is 11.5 Å². The first-order chi connectivity index (χ1) is 18.1. The molecule has 0 saturated carbocycles. The topological polar surface area (TPSA) is 46.5 Å². The molecule has 2 aromatic carbocycles. The van der Waals surface area contributed by atoms with Gasteiger partial charge in [0.15, 0.2) is 0 Å². The molecule has 0 radical (unpaired) electrons. The fourth-order valence-electron chi connectivity index (χ4n) is 5.04. The molecule has 0 aromatic heterocycles. The first kappa shape index (κ1) is 30.7. The Hall–Kier alpha value is -2.55. The van der Waals surface area contributed by atoms with E-state index in [4.69, 9.17) is 4.74 Å². The van der Waals surface area contributed by atoms with E-state index in [9.17, 15) is 9.90 Å². The van der Waals surface area contributed by atoms with Gasteiger partial charge in [-0.05, 0) is 65.8 Å². The van der Waals surface area contributed by atoms with Gasteiger partial charge < -0.3 is 9.84 Å². The number of aromatic hydroxyl groups is 1. The third-order valence-corrected chi connectivity index (χ3v) is 7.21. The summed E-state index contributed by atoms with van der Waals surface area (Å²) in [4.78, 5) is 12.3. The van der Waals surface area contributed by atoms with Gasteiger partial charge in [0.25, 0.3) is 0 Å². The number of hydrogen-bond acceptors (Lipinski definition) is 3. The highest BCUT2D eigenvalue weighted by Gasteiger charge is 2.11. The van der Waals surface area contributed by atoms with Gasteiger partial charge in [-0.15, -0.1) is 0 Å². The average molecular weight is 507 g/mol. The lowest BCUT2D eigenvalue weighted by atomic mass is 9.91. The third kappa shape index (κ3) is 12.0. The molecule has 2 aromatic rings. The largest absolute Gasteiger partial charge is 0.508 e. The fourth-order valence-corrected chi connectivity index (χ4v) is 5.04. The van der Waals surface area contributed by atoms with Crippen molar-refractivity contribution in [3.05, 3.63) is 59.7 Å². The molecule has 1 N–H and O–H groups in total. The monoisotopic (exact) mass is 506 g/mol. The van der Waals surface area contributed by atoms with Crippen molar-refractivity contribution < 1.29 is 14.6 Å². The van der Waals surface area contributed by atoms with E-state index in [1.165, 1.54) is 81.8 Å². The lowest BCUT2D eigenvalue weighted by molar-refractivity contribution is -0.134. The van der Waals surface area contributed by atoms with Crippen molar-refractivity contribution >= 4 is 17.1 Å². The molecule has 0 aliphatic carbocycles. The van der Waals surface area contributed by atoms with Crippen LogP contribution >= 0.6 is 0 Å². The van der Waals surface area contributed by atoms with Crippen LogP contribution in [0.25, 0.3) is 11.1 Å². The maximum absolute atomic E-state index is 12.3. The Morgan fingerprint density at radius 1 is 0.595 bits per heavy atom. The second-order valence-corrected chi connectivity index (χ2v) is 10.2. The van der Waals surface area contributed by atoms with Crippen molar-refractivity contribution in [2.45, 2.75) is 124 Å². The van der Waals surface area contributed by atoms with Crippen LogP contribution in [0.3, 0.4) is 0 Å². The number of allylic oxidation sites excluding steroid dienone is 2. The Morgan fingerprint density at radius 2 is 1.00 bits per heavy atom. The molecule has 0 bridgehead atoms. The fraction of sp³-hybridized carbons (Fsp3) is 0.559. The average Bonchev–Trinajstić information content (AvgIpc) is 2.91. The minimum absolute atomic E-state index is 0.138. The highest BCUT2D eigenvalue weighted by Crippen LogP contribution is 2.32. The number of benzene rings is 2. The number of carbonyl (C=O) groups excluding carboxylic acids is 1. The van der Waals surface area contributed by atoms with Crippen LogP contribution in [0.15, 0.2) is 48.5 Å². The van der Waals surface area contributed by atoms with Gasteiger partial charge in [0.2, 0.25) is 0 Å². The van der Waals surface area contributed by atoms with Gasteiger partial charge in [0.05, 0.1) is 0 Å². The molecular formula is C34H50O3. The van der Waals surface area contributed by atoms with Crippen LogP contribution in [-0.4, -0.2) is 11.1 Å². The molecule has 0 unspecified atom stereocenters. The molecular weight excluding hydrogens is 456 g/mol. The van der Waals surface area contributed by atoms with Crippen LogP contribution in [0.2, 0.25) is 0 Å². The first-order valence-corrected chi connectivity index (χ1v) is 14.9. The van der Waals surface area contributed by atoms with Crippen molar-refractivity contribution in [3.63, 3.8) is 0 Å². The van der Waals surface area contributed by atoms with E-state index in [0.717, 1.165) is 36.8 Å². The van der Waals surface area contributed by atoms with E-state index >= 15 is 0 Å². The molecule has 0 heterocycles. The van der Waals surface area contributed by atoms with E-state index < -0.39 is 0 Å². The summed E-state index contributed by atoms with van der Waals surface area (Å²) >= 11 is 0. The maximum atomic E-state index is 12.3. The van der Waals surface area contributed by atoms with E-state index in [1.807, 2.05) is 36.4 Å². The number of carbonyl (C=O) groups is 1. The van der Waals surface area contributed by atoms with E-state index in [-0.39, 0.29) is 11.7 Å². The Labute approximate surface area is 226 Å². The molecule has 3 nitrogen and oxygen atoms in total. The quantitative estimate of drug-likeness (QED) is 0.0892. The molecule has 37 heavy (non-hydrogen) atoms. The van der Waals surface area contributed by atoms with Gasteiger partial charge in [-0.2, -0.15) is 0 Å². The summed E-state index contributed by atoms with van der Waals surface area (Å²) in [5, 5.41) is 9.62. The molecule has 0 amide bonds. The SMILES string of the molecule is CCCCCCCCCCCCCCCC(=O)Oc1ccc(/C(CC)=C(\CC)c2ccc(O)cc2)cc1. The molecule has 3 heteroatoms. The van der Waals surface area contributed by atoms with Gasteiger partial charge >= 0.3 is 5.97 Å². The third-order valence-electron chi connectivity index (χ3n) is 7.21. The second-order valence-electron chi connectivity index (χ2n) is 10.2. The molecule has 204 valence electrons. The summed E-state index contributed by atoms with van der Waals surface area (Å²) in [6, 6.07) is 15.3. The Kier molecular flexibility index (Phi) is 15.5. The molecule has 0 aliphatic rings. The molecule has 0 saturated heterocycles. The predicted molar refractivity (Wildman–Crippen MR) is 158 cm³/mol. The maximum Gasteiger partial charge on any atom is 0.311 e. The van der Waals surface area contributed by atoms with Crippen molar-refractivity contribution in [1.29, 1.82) is 0 Å². The normalized spacial score (nSPS) is 11.9. The van der Waals surface area contributed by atoms with Crippen molar-refractivity contribution in [2.75, 3.05) is 0 Å². The molecule has 0 spiro atoms. The predicted octanol–water partition coefficient (Wildman–Crippen LogP) is 10.5. The number of hydrogen-bond donors (Lipinski definition) is 1. The summed E-state index contributed by atoms with van der Waals surface area (Å²) in [7, 11) is 0.